The van der Waals surface area contributed by atoms with Crippen LogP contribution < -0.4 is 10.9 Å². The van der Waals surface area contributed by atoms with Gasteiger partial charge in [0.1, 0.15) is 6.54 Å². The lowest BCUT2D eigenvalue weighted by Crippen LogP contribution is -2.35. The molecule has 10 heteroatoms. The van der Waals surface area contributed by atoms with Crippen molar-refractivity contribution in [3.8, 4) is 0 Å². The van der Waals surface area contributed by atoms with Gasteiger partial charge >= 0.3 is 6.18 Å². The highest BCUT2D eigenvalue weighted by Crippen LogP contribution is 2.41. The van der Waals surface area contributed by atoms with Gasteiger partial charge in [0.2, 0.25) is 5.91 Å². The molecule has 0 bridgehead atoms. The van der Waals surface area contributed by atoms with E-state index in [9.17, 15) is 22.8 Å². The Bertz CT molecular complexity index is 1160. The van der Waals surface area contributed by atoms with Crippen LogP contribution >= 0.6 is 0 Å². The normalized spacial score (nSPS) is 15.4. The topological polar surface area (TPSA) is 81.8 Å². The molecule has 1 unspecified atom stereocenters. The van der Waals surface area contributed by atoms with Crippen LogP contribution in [0.15, 0.2) is 35.3 Å². The van der Waals surface area contributed by atoms with E-state index in [4.69, 9.17) is 0 Å². The molecule has 1 N–H and O–H groups in total. The molecule has 2 aromatic heterocycles. The number of carbonyl (C=O) groups is 1. The molecule has 0 aliphatic heterocycles. The van der Waals surface area contributed by atoms with Crippen molar-refractivity contribution < 1.29 is 18.0 Å². The summed E-state index contributed by atoms with van der Waals surface area (Å²) in [4.78, 5) is 25.3. The number of fused-ring (bicyclic) bond motifs is 1. The van der Waals surface area contributed by atoms with Gasteiger partial charge in [0.05, 0.1) is 34.4 Å². The fourth-order valence-corrected chi connectivity index (χ4v) is 3.45. The van der Waals surface area contributed by atoms with Gasteiger partial charge in [0.25, 0.3) is 5.56 Å². The minimum Gasteiger partial charge on any atom is -0.348 e. The molecule has 1 atom stereocenters. The fraction of sp³-hybridized carbons (Fsp3) is 0.400. The summed E-state index contributed by atoms with van der Waals surface area (Å²) in [6.07, 6.45) is -0.928. The molecule has 1 saturated carbocycles. The van der Waals surface area contributed by atoms with Crippen molar-refractivity contribution in [2.45, 2.75) is 44.4 Å². The summed E-state index contributed by atoms with van der Waals surface area (Å²) in [6, 6.07) is 4.06. The third-order valence-electron chi connectivity index (χ3n) is 5.26. The van der Waals surface area contributed by atoms with Gasteiger partial charge in [0.15, 0.2) is 0 Å². The number of rotatable bonds is 5. The number of nitrogens with one attached hydrogen (secondary N) is 1. The average molecular weight is 419 g/mol. The van der Waals surface area contributed by atoms with E-state index in [0.29, 0.717) is 16.5 Å². The molecule has 1 aliphatic carbocycles. The molecule has 0 saturated heterocycles. The first-order valence-corrected chi connectivity index (χ1v) is 9.54. The van der Waals surface area contributed by atoms with Crippen molar-refractivity contribution >= 4 is 16.8 Å². The Balaban J connectivity index is 1.50. The second-order valence-electron chi connectivity index (χ2n) is 7.56. The van der Waals surface area contributed by atoms with Crippen LogP contribution in [-0.4, -0.2) is 25.5 Å². The lowest BCUT2D eigenvalue weighted by Gasteiger charge is -2.16. The maximum Gasteiger partial charge on any atom is 0.416 e. The summed E-state index contributed by atoms with van der Waals surface area (Å²) in [7, 11) is 1.75. The Morgan fingerprint density at radius 3 is 2.53 bits per heavy atom. The van der Waals surface area contributed by atoms with Gasteiger partial charge in [-0.1, -0.05) is 12.1 Å². The predicted molar refractivity (Wildman–Crippen MR) is 103 cm³/mol. The molecule has 4 rings (SSSR count). The first-order chi connectivity index (χ1) is 14.1. The number of hydrogen-bond donors (Lipinski definition) is 1. The van der Waals surface area contributed by atoms with E-state index in [0.717, 1.165) is 35.4 Å². The van der Waals surface area contributed by atoms with Gasteiger partial charge in [-0.2, -0.15) is 23.4 Å². The van der Waals surface area contributed by atoms with Crippen LogP contribution in [0.25, 0.3) is 10.9 Å². The van der Waals surface area contributed by atoms with Crippen molar-refractivity contribution in [1.29, 1.82) is 0 Å². The number of alkyl halides is 3. The molecular formula is C20H20F3N5O2. The number of benzene rings is 1. The summed E-state index contributed by atoms with van der Waals surface area (Å²) in [5.74, 6) is -0.195. The minimum atomic E-state index is -4.41. The Morgan fingerprint density at radius 1 is 1.27 bits per heavy atom. The van der Waals surface area contributed by atoms with Crippen LogP contribution in [0.1, 0.15) is 48.5 Å². The molecule has 1 aromatic carbocycles. The van der Waals surface area contributed by atoms with E-state index in [1.807, 2.05) is 0 Å². The molecule has 1 aliphatic rings. The van der Waals surface area contributed by atoms with Gasteiger partial charge < -0.3 is 5.32 Å². The smallest absolute Gasteiger partial charge is 0.348 e. The summed E-state index contributed by atoms with van der Waals surface area (Å²) in [6.45, 7) is 1.37. The molecular weight excluding hydrogens is 399 g/mol. The Hall–Kier alpha value is -3.17. The highest BCUT2D eigenvalue weighted by molar-refractivity contribution is 5.82. The number of amides is 1. The van der Waals surface area contributed by atoms with Crippen molar-refractivity contribution in [2.24, 2.45) is 7.05 Å². The molecule has 2 heterocycles. The van der Waals surface area contributed by atoms with E-state index < -0.39 is 23.7 Å². The first-order valence-electron chi connectivity index (χ1n) is 9.54. The monoisotopic (exact) mass is 419 g/mol. The lowest BCUT2D eigenvalue weighted by atomic mass is 10.1. The van der Waals surface area contributed by atoms with E-state index in [-0.39, 0.29) is 18.0 Å². The molecule has 0 radical (unpaired) electrons. The van der Waals surface area contributed by atoms with Crippen LogP contribution in [-0.2, 0) is 24.6 Å². The first kappa shape index (κ1) is 20.1. The van der Waals surface area contributed by atoms with Crippen molar-refractivity contribution in [1.82, 2.24) is 24.9 Å². The number of hydrogen-bond acceptors (Lipinski definition) is 4. The third kappa shape index (κ3) is 3.81. The van der Waals surface area contributed by atoms with Gasteiger partial charge in [-0.15, -0.1) is 0 Å². The van der Waals surface area contributed by atoms with Gasteiger partial charge in [-0.3, -0.25) is 14.3 Å². The molecule has 0 spiro atoms. The van der Waals surface area contributed by atoms with Crippen molar-refractivity contribution in [2.75, 3.05) is 0 Å². The molecule has 1 fully saturated rings. The maximum atomic E-state index is 12.9. The van der Waals surface area contributed by atoms with Gasteiger partial charge in [-0.25, -0.2) is 4.68 Å². The van der Waals surface area contributed by atoms with Crippen LogP contribution in [0.3, 0.4) is 0 Å². The van der Waals surface area contributed by atoms with Crippen LogP contribution in [0.2, 0.25) is 0 Å². The largest absolute Gasteiger partial charge is 0.416 e. The van der Waals surface area contributed by atoms with E-state index in [1.165, 1.54) is 18.3 Å². The number of aromatic nitrogens is 4. The zero-order valence-electron chi connectivity index (χ0n) is 16.4. The van der Waals surface area contributed by atoms with E-state index in [1.54, 1.807) is 18.7 Å². The number of aryl methyl sites for hydroxylation is 1. The predicted octanol–water partition coefficient (Wildman–Crippen LogP) is 2.90. The lowest BCUT2D eigenvalue weighted by molar-refractivity contribution is -0.137. The van der Waals surface area contributed by atoms with E-state index >= 15 is 0 Å². The molecule has 30 heavy (non-hydrogen) atoms. The quantitative estimate of drug-likeness (QED) is 0.690. The standard InChI is InChI=1S/C20H20F3N5O2/c1-11(12-5-7-14(8-6-12)20(21,22)23)25-16(29)10-28-19(30)17-15(9-24-28)27(2)26-18(17)13-3-4-13/h5-9,11,13H,3-4,10H2,1-2H3,(H,25,29). The molecule has 7 nitrogen and oxygen atoms in total. The van der Waals surface area contributed by atoms with Crippen molar-refractivity contribution in [3.63, 3.8) is 0 Å². The summed E-state index contributed by atoms with van der Waals surface area (Å²) in [5.41, 5.74) is 0.760. The second-order valence-corrected chi connectivity index (χ2v) is 7.56. The third-order valence-corrected chi connectivity index (χ3v) is 5.26. The average Bonchev–Trinajstić information content (AvgIpc) is 3.47. The van der Waals surface area contributed by atoms with Gasteiger partial charge in [0, 0.05) is 13.0 Å². The SMILES string of the molecule is CC(NC(=O)Cn1ncc2c(c(C3CC3)nn2C)c1=O)c1ccc(C(F)(F)F)cc1. The van der Waals surface area contributed by atoms with Crippen LogP contribution in [0.4, 0.5) is 13.2 Å². The second kappa shape index (κ2) is 7.26. The number of carbonyl (C=O) groups excluding carboxylic acids is 1. The highest BCUT2D eigenvalue weighted by Gasteiger charge is 2.31. The van der Waals surface area contributed by atoms with E-state index in [2.05, 4.69) is 15.5 Å². The Kier molecular flexibility index (Phi) is 4.87. The number of halogens is 3. The zero-order chi connectivity index (χ0) is 21.6. The fourth-order valence-electron chi connectivity index (χ4n) is 3.45. The van der Waals surface area contributed by atoms with Crippen molar-refractivity contribution in [3.05, 3.63) is 57.6 Å². The summed E-state index contributed by atoms with van der Waals surface area (Å²) < 4.78 is 40.8. The highest BCUT2D eigenvalue weighted by atomic mass is 19.4. The molecule has 158 valence electrons. The molecule has 3 aromatic rings. The zero-order valence-corrected chi connectivity index (χ0v) is 16.4. The molecule has 1 amide bonds. The minimum absolute atomic E-state index is 0.269. The summed E-state index contributed by atoms with van der Waals surface area (Å²) in [5, 5.41) is 11.7. The number of nitrogens with zero attached hydrogens (tertiary/aromatic N) is 4. The van der Waals surface area contributed by atoms with Crippen LogP contribution in [0, 0.1) is 0 Å². The Morgan fingerprint density at radius 2 is 1.93 bits per heavy atom. The van der Waals surface area contributed by atoms with Crippen LogP contribution in [0.5, 0.6) is 0 Å². The van der Waals surface area contributed by atoms with Gasteiger partial charge in [-0.05, 0) is 37.5 Å². The maximum absolute atomic E-state index is 12.9. The Labute approximate surface area is 169 Å². The summed E-state index contributed by atoms with van der Waals surface area (Å²) >= 11 is 0.